The topological polar surface area (TPSA) is 64.1 Å². The molecule has 18 heavy (non-hydrogen) atoms. The van der Waals surface area contributed by atoms with Gasteiger partial charge in [-0.2, -0.15) is 5.10 Å². The van der Waals surface area contributed by atoms with Crippen LogP contribution in [0.2, 0.25) is 0 Å². The highest BCUT2D eigenvalue weighted by Gasteiger charge is 2.11. The maximum atomic E-state index is 12.9. The van der Waals surface area contributed by atoms with Crippen molar-refractivity contribution in [2.45, 2.75) is 19.4 Å². The summed E-state index contributed by atoms with van der Waals surface area (Å²) in [5.41, 5.74) is 8.44. The van der Waals surface area contributed by atoms with E-state index in [9.17, 15) is 4.39 Å². The van der Waals surface area contributed by atoms with Gasteiger partial charge < -0.3 is 10.8 Å². The zero-order chi connectivity index (χ0) is 13.1. The number of nitrogens with zero attached hydrogens (tertiary/aromatic N) is 2. The van der Waals surface area contributed by atoms with E-state index < -0.39 is 0 Å². The quantitative estimate of drug-likeness (QED) is 0.855. The average Bonchev–Trinajstić information content (AvgIpc) is 2.72. The molecule has 1 aromatic carbocycles. The number of hydrogen-bond donors (Lipinski definition) is 2. The minimum atomic E-state index is -0.283. The lowest BCUT2D eigenvalue weighted by Crippen LogP contribution is -2.27. The molecule has 0 bridgehead atoms. The summed E-state index contributed by atoms with van der Waals surface area (Å²) in [6, 6.07) is 5.86. The first-order valence-electron chi connectivity index (χ1n) is 5.77. The number of benzene rings is 1. The molecule has 0 fully saturated rings. The second-order valence-corrected chi connectivity index (χ2v) is 4.29. The highest BCUT2D eigenvalue weighted by molar-refractivity contribution is 5.35. The Morgan fingerprint density at radius 2 is 2.06 bits per heavy atom. The van der Waals surface area contributed by atoms with E-state index in [-0.39, 0.29) is 18.5 Å². The monoisotopic (exact) mass is 249 g/mol. The van der Waals surface area contributed by atoms with Crippen LogP contribution in [0.15, 0.2) is 30.5 Å². The van der Waals surface area contributed by atoms with E-state index in [2.05, 4.69) is 5.10 Å². The number of aromatic nitrogens is 2. The molecule has 2 rings (SSSR count). The molecule has 96 valence electrons. The van der Waals surface area contributed by atoms with Crippen LogP contribution in [0, 0.1) is 12.7 Å². The van der Waals surface area contributed by atoms with E-state index in [0.29, 0.717) is 6.42 Å². The summed E-state index contributed by atoms with van der Waals surface area (Å²) < 4.78 is 14.6. The molecule has 4 nitrogen and oxygen atoms in total. The van der Waals surface area contributed by atoms with Gasteiger partial charge in [0.15, 0.2) is 0 Å². The molecule has 5 heteroatoms. The van der Waals surface area contributed by atoms with Crippen molar-refractivity contribution in [1.82, 2.24) is 9.78 Å². The minimum absolute atomic E-state index is 0.0544. The molecule has 0 spiro atoms. The molecule has 0 saturated carbocycles. The first kappa shape index (κ1) is 12.7. The molecule has 0 aliphatic carbocycles. The lowest BCUT2D eigenvalue weighted by Gasteiger charge is -2.08. The van der Waals surface area contributed by atoms with Crippen LogP contribution >= 0.6 is 0 Å². The minimum Gasteiger partial charge on any atom is -0.395 e. The maximum absolute atomic E-state index is 12.9. The van der Waals surface area contributed by atoms with Gasteiger partial charge in [-0.3, -0.25) is 0 Å². The standard InChI is InChI=1S/C13H16FN3O/c1-9-10(6-12(15)8-18)7-16-17(9)13-4-2-11(14)3-5-13/h2-5,7,12,18H,6,8,15H2,1H3. The van der Waals surface area contributed by atoms with Crippen LogP contribution in [-0.2, 0) is 6.42 Å². The average molecular weight is 249 g/mol. The van der Waals surface area contributed by atoms with Gasteiger partial charge in [0.2, 0.25) is 0 Å². The van der Waals surface area contributed by atoms with Gasteiger partial charge in [-0.25, -0.2) is 9.07 Å². The molecule has 0 saturated heterocycles. The van der Waals surface area contributed by atoms with E-state index in [4.69, 9.17) is 10.8 Å². The third-order valence-corrected chi connectivity index (χ3v) is 2.90. The molecule has 2 aromatic rings. The van der Waals surface area contributed by atoms with Crippen molar-refractivity contribution in [1.29, 1.82) is 0 Å². The highest BCUT2D eigenvalue weighted by atomic mass is 19.1. The molecular formula is C13H16FN3O. The van der Waals surface area contributed by atoms with Crippen LogP contribution in [0.3, 0.4) is 0 Å². The number of aliphatic hydroxyl groups excluding tert-OH is 1. The molecule has 1 heterocycles. The molecule has 1 aromatic heterocycles. The number of nitrogens with two attached hydrogens (primary N) is 1. The number of rotatable bonds is 4. The van der Waals surface area contributed by atoms with Gasteiger partial charge in [0, 0.05) is 11.7 Å². The Balaban J connectivity index is 2.27. The van der Waals surface area contributed by atoms with Gasteiger partial charge in [-0.05, 0) is 43.2 Å². The number of halogens is 1. The Morgan fingerprint density at radius 1 is 1.39 bits per heavy atom. The zero-order valence-electron chi connectivity index (χ0n) is 10.2. The van der Waals surface area contributed by atoms with Crippen LogP contribution in [-0.4, -0.2) is 27.5 Å². The fourth-order valence-corrected chi connectivity index (χ4v) is 1.83. The van der Waals surface area contributed by atoms with Gasteiger partial charge in [-0.1, -0.05) is 0 Å². The second-order valence-electron chi connectivity index (χ2n) is 4.29. The molecule has 0 radical (unpaired) electrons. The third kappa shape index (κ3) is 2.57. The van der Waals surface area contributed by atoms with Crippen molar-refractivity contribution in [2.75, 3.05) is 6.61 Å². The van der Waals surface area contributed by atoms with Crippen LogP contribution in [0.25, 0.3) is 5.69 Å². The smallest absolute Gasteiger partial charge is 0.123 e. The molecule has 0 aliphatic heterocycles. The van der Waals surface area contributed by atoms with Gasteiger partial charge >= 0.3 is 0 Å². The van der Waals surface area contributed by atoms with Crippen molar-refractivity contribution in [3.8, 4) is 5.69 Å². The van der Waals surface area contributed by atoms with E-state index in [0.717, 1.165) is 16.9 Å². The maximum Gasteiger partial charge on any atom is 0.123 e. The summed E-state index contributed by atoms with van der Waals surface area (Å²) in [5.74, 6) is -0.272. The Hall–Kier alpha value is -1.72. The first-order chi connectivity index (χ1) is 8.61. The fourth-order valence-electron chi connectivity index (χ4n) is 1.83. The van der Waals surface area contributed by atoms with E-state index in [1.54, 1.807) is 23.0 Å². The summed E-state index contributed by atoms with van der Waals surface area (Å²) in [6.07, 6.45) is 2.30. The van der Waals surface area contributed by atoms with Gasteiger partial charge in [0.05, 0.1) is 18.5 Å². The predicted molar refractivity (Wildman–Crippen MR) is 67.0 cm³/mol. The van der Waals surface area contributed by atoms with Crippen LogP contribution in [0.5, 0.6) is 0 Å². The normalized spacial score (nSPS) is 12.7. The lowest BCUT2D eigenvalue weighted by atomic mass is 10.1. The fraction of sp³-hybridized carbons (Fsp3) is 0.308. The molecule has 1 atom stereocenters. The number of aliphatic hydroxyl groups is 1. The number of hydrogen-bond acceptors (Lipinski definition) is 3. The SMILES string of the molecule is Cc1c(CC(N)CO)cnn1-c1ccc(F)cc1. The predicted octanol–water partition coefficient (Wildman–Crippen LogP) is 1.18. The van der Waals surface area contributed by atoms with Gasteiger partial charge in [-0.15, -0.1) is 0 Å². The van der Waals surface area contributed by atoms with Gasteiger partial charge in [0.1, 0.15) is 5.82 Å². The Morgan fingerprint density at radius 3 is 2.67 bits per heavy atom. The summed E-state index contributed by atoms with van der Waals surface area (Å²) in [6.45, 7) is 1.87. The van der Waals surface area contributed by atoms with Crippen molar-refractivity contribution in [2.24, 2.45) is 5.73 Å². The van der Waals surface area contributed by atoms with E-state index >= 15 is 0 Å². The Kier molecular flexibility index (Phi) is 3.74. The molecule has 0 aliphatic rings. The molecular weight excluding hydrogens is 233 g/mol. The highest BCUT2D eigenvalue weighted by Crippen LogP contribution is 2.15. The van der Waals surface area contributed by atoms with E-state index in [1.165, 1.54) is 12.1 Å². The second kappa shape index (κ2) is 5.29. The van der Waals surface area contributed by atoms with Crippen LogP contribution < -0.4 is 5.73 Å². The summed E-state index contributed by atoms with van der Waals surface area (Å²) >= 11 is 0. The summed E-state index contributed by atoms with van der Waals surface area (Å²) in [7, 11) is 0. The van der Waals surface area contributed by atoms with Crippen molar-refractivity contribution >= 4 is 0 Å². The van der Waals surface area contributed by atoms with E-state index in [1.807, 2.05) is 6.92 Å². The van der Waals surface area contributed by atoms with Crippen LogP contribution in [0.4, 0.5) is 4.39 Å². The Bertz CT molecular complexity index is 522. The van der Waals surface area contributed by atoms with Gasteiger partial charge in [0.25, 0.3) is 0 Å². The first-order valence-corrected chi connectivity index (χ1v) is 5.77. The van der Waals surface area contributed by atoms with Crippen molar-refractivity contribution < 1.29 is 9.50 Å². The third-order valence-electron chi connectivity index (χ3n) is 2.90. The summed E-state index contributed by atoms with van der Waals surface area (Å²) in [4.78, 5) is 0. The molecule has 1 unspecified atom stereocenters. The molecule has 0 amide bonds. The lowest BCUT2D eigenvalue weighted by molar-refractivity contribution is 0.265. The Labute approximate surface area is 105 Å². The summed E-state index contributed by atoms with van der Waals surface area (Å²) in [5, 5.41) is 13.2. The largest absolute Gasteiger partial charge is 0.395 e. The van der Waals surface area contributed by atoms with Crippen molar-refractivity contribution in [3.05, 3.63) is 47.5 Å². The molecule has 3 N–H and O–H groups in total. The van der Waals surface area contributed by atoms with Crippen LogP contribution in [0.1, 0.15) is 11.3 Å². The van der Waals surface area contributed by atoms with Crippen molar-refractivity contribution in [3.63, 3.8) is 0 Å². The zero-order valence-corrected chi connectivity index (χ0v) is 10.2.